The Kier molecular flexibility index (Phi) is 6.98. The fourth-order valence-corrected chi connectivity index (χ4v) is 2.21. The Morgan fingerprint density at radius 2 is 1.70 bits per heavy atom. The molecule has 0 aliphatic rings. The standard InChI is InChI=1S/C19H25N3O/c1-16(17-10-5-3-6-11-17)22-19(20-2)21-14-9-15-23-18-12-7-4-8-13-18/h3-8,10-13,16H,9,14-15H2,1-2H3,(H2,20,21,22). The van der Waals surface area contributed by atoms with Gasteiger partial charge in [-0.1, -0.05) is 48.5 Å². The number of aliphatic imine (C=N–C) groups is 1. The van der Waals surface area contributed by atoms with Crippen LogP contribution in [0, 0.1) is 0 Å². The van der Waals surface area contributed by atoms with Crippen LogP contribution in [0.4, 0.5) is 0 Å². The molecule has 2 rings (SSSR count). The highest BCUT2D eigenvalue weighted by Crippen LogP contribution is 2.10. The highest BCUT2D eigenvalue weighted by molar-refractivity contribution is 5.80. The van der Waals surface area contributed by atoms with Gasteiger partial charge in [0.25, 0.3) is 0 Å². The molecule has 0 radical (unpaired) electrons. The molecule has 0 amide bonds. The van der Waals surface area contributed by atoms with E-state index in [1.165, 1.54) is 5.56 Å². The van der Waals surface area contributed by atoms with Gasteiger partial charge in [0.2, 0.25) is 0 Å². The zero-order valence-corrected chi connectivity index (χ0v) is 13.8. The number of nitrogens with one attached hydrogen (secondary N) is 2. The predicted octanol–water partition coefficient (Wildman–Crippen LogP) is 3.38. The highest BCUT2D eigenvalue weighted by Gasteiger charge is 2.06. The zero-order chi connectivity index (χ0) is 16.3. The lowest BCUT2D eigenvalue weighted by atomic mass is 10.1. The molecule has 0 fully saturated rings. The number of para-hydroxylation sites is 1. The number of hydrogen-bond acceptors (Lipinski definition) is 2. The summed E-state index contributed by atoms with van der Waals surface area (Å²) in [4.78, 5) is 4.26. The first-order valence-electron chi connectivity index (χ1n) is 7.99. The first-order chi connectivity index (χ1) is 11.3. The molecule has 0 aliphatic carbocycles. The maximum atomic E-state index is 5.67. The molecular weight excluding hydrogens is 286 g/mol. The van der Waals surface area contributed by atoms with E-state index in [0.717, 1.165) is 24.7 Å². The average molecular weight is 311 g/mol. The van der Waals surface area contributed by atoms with E-state index in [2.05, 4.69) is 34.7 Å². The summed E-state index contributed by atoms with van der Waals surface area (Å²) in [5, 5.41) is 6.70. The van der Waals surface area contributed by atoms with Gasteiger partial charge in [-0.25, -0.2) is 0 Å². The quantitative estimate of drug-likeness (QED) is 0.468. The van der Waals surface area contributed by atoms with Gasteiger partial charge in [-0.05, 0) is 31.0 Å². The van der Waals surface area contributed by atoms with Crippen LogP contribution in [0.3, 0.4) is 0 Å². The van der Waals surface area contributed by atoms with E-state index < -0.39 is 0 Å². The molecular formula is C19H25N3O. The molecule has 4 heteroatoms. The summed E-state index contributed by atoms with van der Waals surface area (Å²) in [7, 11) is 1.79. The second kappa shape index (κ2) is 9.51. The fourth-order valence-electron chi connectivity index (χ4n) is 2.21. The van der Waals surface area contributed by atoms with Crippen molar-refractivity contribution in [1.29, 1.82) is 0 Å². The maximum absolute atomic E-state index is 5.67. The normalized spacial score (nSPS) is 12.5. The van der Waals surface area contributed by atoms with Crippen LogP contribution in [0.2, 0.25) is 0 Å². The molecule has 4 nitrogen and oxygen atoms in total. The molecule has 1 unspecified atom stereocenters. The van der Waals surface area contributed by atoms with E-state index in [9.17, 15) is 0 Å². The first-order valence-corrected chi connectivity index (χ1v) is 7.99. The smallest absolute Gasteiger partial charge is 0.191 e. The lowest BCUT2D eigenvalue weighted by Gasteiger charge is -2.18. The molecule has 0 saturated carbocycles. The second-order valence-corrected chi connectivity index (χ2v) is 5.29. The molecule has 2 aromatic carbocycles. The summed E-state index contributed by atoms with van der Waals surface area (Å²) >= 11 is 0. The van der Waals surface area contributed by atoms with Crippen molar-refractivity contribution < 1.29 is 4.74 Å². The third-order valence-corrected chi connectivity index (χ3v) is 3.50. The number of hydrogen-bond donors (Lipinski definition) is 2. The van der Waals surface area contributed by atoms with Crippen LogP contribution in [0.5, 0.6) is 5.75 Å². The molecule has 2 aromatic rings. The van der Waals surface area contributed by atoms with E-state index in [0.29, 0.717) is 6.61 Å². The minimum absolute atomic E-state index is 0.211. The summed E-state index contributed by atoms with van der Waals surface area (Å²) in [6.07, 6.45) is 0.912. The number of rotatable bonds is 7. The molecule has 0 bridgehead atoms. The van der Waals surface area contributed by atoms with Crippen LogP contribution in [-0.4, -0.2) is 26.2 Å². The summed E-state index contributed by atoms with van der Waals surface area (Å²) in [5.41, 5.74) is 1.24. The van der Waals surface area contributed by atoms with Crippen LogP contribution in [0.1, 0.15) is 24.9 Å². The van der Waals surface area contributed by atoms with E-state index in [1.54, 1.807) is 7.05 Å². The van der Waals surface area contributed by atoms with Crippen molar-refractivity contribution in [3.8, 4) is 5.75 Å². The van der Waals surface area contributed by atoms with Crippen LogP contribution < -0.4 is 15.4 Å². The fraction of sp³-hybridized carbons (Fsp3) is 0.316. The van der Waals surface area contributed by atoms with Gasteiger partial charge >= 0.3 is 0 Å². The molecule has 0 heterocycles. The summed E-state index contributed by atoms with van der Waals surface area (Å²) in [6.45, 7) is 3.62. The SMILES string of the molecule is CN=C(NCCCOc1ccccc1)NC(C)c1ccccc1. The van der Waals surface area contributed by atoms with E-state index >= 15 is 0 Å². The number of ether oxygens (including phenoxy) is 1. The van der Waals surface area contributed by atoms with Gasteiger partial charge in [0.15, 0.2) is 5.96 Å². The van der Waals surface area contributed by atoms with Gasteiger partial charge in [-0.15, -0.1) is 0 Å². The van der Waals surface area contributed by atoms with Crippen LogP contribution in [0.25, 0.3) is 0 Å². The molecule has 0 aromatic heterocycles. The Bertz CT molecular complexity index is 584. The van der Waals surface area contributed by atoms with E-state index in [-0.39, 0.29) is 6.04 Å². The minimum Gasteiger partial charge on any atom is -0.494 e. The molecule has 2 N–H and O–H groups in total. The third kappa shape index (κ3) is 6.02. The maximum Gasteiger partial charge on any atom is 0.191 e. The van der Waals surface area contributed by atoms with Crippen molar-refractivity contribution in [1.82, 2.24) is 10.6 Å². The topological polar surface area (TPSA) is 45.7 Å². The van der Waals surface area contributed by atoms with Crippen molar-refractivity contribution in [3.63, 3.8) is 0 Å². The molecule has 0 aliphatic heterocycles. The third-order valence-electron chi connectivity index (χ3n) is 3.50. The van der Waals surface area contributed by atoms with E-state index in [1.807, 2.05) is 48.5 Å². The van der Waals surface area contributed by atoms with Crippen LogP contribution in [0.15, 0.2) is 65.7 Å². The highest BCUT2D eigenvalue weighted by atomic mass is 16.5. The summed E-state index contributed by atoms with van der Waals surface area (Å²) in [6, 6.07) is 20.4. The monoisotopic (exact) mass is 311 g/mol. The Hall–Kier alpha value is -2.49. The van der Waals surface area contributed by atoms with Gasteiger partial charge in [0.05, 0.1) is 12.6 Å². The summed E-state index contributed by atoms with van der Waals surface area (Å²) in [5.74, 6) is 1.72. The lowest BCUT2D eigenvalue weighted by Crippen LogP contribution is -2.39. The molecule has 23 heavy (non-hydrogen) atoms. The van der Waals surface area contributed by atoms with Crippen molar-refractivity contribution in [3.05, 3.63) is 66.2 Å². The van der Waals surface area contributed by atoms with E-state index in [4.69, 9.17) is 4.74 Å². The largest absolute Gasteiger partial charge is 0.494 e. The van der Waals surface area contributed by atoms with Crippen molar-refractivity contribution in [2.45, 2.75) is 19.4 Å². The minimum atomic E-state index is 0.211. The Morgan fingerprint density at radius 1 is 1.04 bits per heavy atom. The second-order valence-electron chi connectivity index (χ2n) is 5.29. The first kappa shape index (κ1) is 16.9. The number of guanidine groups is 1. The van der Waals surface area contributed by atoms with Crippen LogP contribution >= 0.6 is 0 Å². The Labute approximate surface area is 138 Å². The molecule has 1 atom stereocenters. The van der Waals surface area contributed by atoms with Gasteiger partial charge in [-0.2, -0.15) is 0 Å². The van der Waals surface area contributed by atoms with Gasteiger partial charge in [-0.3, -0.25) is 4.99 Å². The number of benzene rings is 2. The lowest BCUT2D eigenvalue weighted by molar-refractivity contribution is 0.311. The van der Waals surface area contributed by atoms with Crippen molar-refractivity contribution in [2.24, 2.45) is 4.99 Å². The van der Waals surface area contributed by atoms with Crippen molar-refractivity contribution in [2.75, 3.05) is 20.2 Å². The van der Waals surface area contributed by atoms with Gasteiger partial charge in [0, 0.05) is 13.6 Å². The predicted molar refractivity (Wildman–Crippen MR) is 95.9 cm³/mol. The Morgan fingerprint density at radius 3 is 2.35 bits per heavy atom. The Balaban J connectivity index is 1.67. The molecule has 0 spiro atoms. The van der Waals surface area contributed by atoms with Crippen LogP contribution in [-0.2, 0) is 0 Å². The van der Waals surface area contributed by atoms with Gasteiger partial charge < -0.3 is 15.4 Å². The number of nitrogens with zero attached hydrogens (tertiary/aromatic N) is 1. The van der Waals surface area contributed by atoms with Crippen molar-refractivity contribution >= 4 is 5.96 Å². The molecule has 0 saturated heterocycles. The molecule has 122 valence electrons. The van der Waals surface area contributed by atoms with Gasteiger partial charge in [0.1, 0.15) is 5.75 Å². The summed E-state index contributed by atoms with van der Waals surface area (Å²) < 4.78 is 5.67. The zero-order valence-electron chi connectivity index (χ0n) is 13.8. The average Bonchev–Trinajstić information content (AvgIpc) is 2.62.